The van der Waals surface area contributed by atoms with E-state index in [1.165, 1.54) is 50.5 Å². The number of hydrogen-bond donors (Lipinski definition) is 2. The van der Waals surface area contributed by atoms with Crippen molar-refractivity contribution in [1.29, 1.82) is 0 Å². The number of carboxylic acids is 1. The minimum absolute atomic E-state index is 0.00698. The van der Waals surface area contributed by atoms with Crippen LogP contribution >= 0.6 is 0 Å². The molecule has 1 aliphatic heterocycles. The number of nitrogens with one attached hydrogen (secondary N) is 1. The molecular weight excluding hydrogens is 773 g/mol. The first-order valence-electron chi connectivity index (χ1n) is 22.2. The highest BCUT2D eigenvalue weighted by atomic mass is 32.2. The van der Waals surface area contributed by atoms with Gasteiger partial charge in [-0.25, -0.2) is 4.79 Å². The van der Waals surface area contributed by atoms with Crippen molar-refractivity contribution in [3.63, 3.8) is 0 Å². The molecule has 328 valence electrons. The first kappa shape index (κ1) is 49.3. The van der Waals surface area contributed by atoms with Crippen molar-refractivity contribution in [2.24, 2.45) is 45.3 Å². The lowest BCUT2D eigenvalue weighted by atomic mass is 9.33. The molecule has 1 amide bonds. The van der Waals surface area contributed by atoms with Gasteiger partial charge < -0.3 is 10.4 Å². The van der Waals surface area contributed by atoms with E-state index in [-0.39, 0.29) is 39.1 Å². The summed E-state index contributed by atoms with van der Waals surface area (Å²) in [5, 5.41) is 13.3. The molecule has 6 nitrogen and oxygen atoms in total. The average Bonchev–Trinajstić information content (AvgIpc) is 3.68. The highest BCUT2D eigenvalue weighted by Gasteiger charge is 2.69. The second-order valence-electron chi connectivity index (χ2n) is 19.3. The lowest BCUT2D eigenvalue weighted by molar-refractivity contribution is -0.217. The number of carboxylic acid groups (broad SMARTS) is 1. The van der Waals surface area contributed by atoms with Gasteiger partial charge in [-0.15, -0.1) is 45.1 Å². The molecule has 61 heavy (non-hydrogen) atoms. The minimum atomic E-state index is -0.875. The van der Waals surface area contributed by atoms with E-state index in [2.05, 4.69) is 108 Å². The summed E-state index contributed by atoms with van der Waals surface area (Å²) in [6.07, 6.45) is 40.0. The number of rotatable bonds is 6. The van der Waals surface area contributed by atoms with Crippen molar-refractivity contribution >= 4 is 28.2 Å². The summed E-state index contributed by atoms with van der Waals surface area (Å²) in [6.45, 7) is 19.5. The normalized spacial score (nSPS) is 33.7. The molecule has 1 heterocycles. The van der Waals surface area contributed by atoms with Crippen LogP contribution in [0.5, 0.6) is 0 Å². The van der Waals surface area contributed by atoms with Crippen molar-refractivity contribution in [2.75, 3.05) is 24.6 Å². The van der Waals surface area contributed by atoms with Gasteiger partial charge in [-0.05, 0) is 139 Å². The van der Waals surface area contributed by atoms with E-state index in [9.17, 15) is 18.9 Å². The number of nitrogens with zero attached hydrogens (tertiary/aromatic N) is 1. The maximum Gasteiger partial charge on any atom is 0.335 e. The number of carbonyl (C=O) groups is 2. The van der Waals surface area contributed by atoms with Gasteiger partial charge in [0.05, 0.1) is 5.56 Å². The molecule has 0 spiro atoms. The molecular formula is C54H72N2O4S. The Bertz CT molecular complexity index is 1940. The Morgan fingerprint density at radius 1 is 0.803 bits per heavy atom. The van der Waals surface area contributed by atoms with Crippen LogP contribution in [0.25, 0.3) is 5.57 Å². The number of amides is 1. The van der Waals surface area contributed by atoms with Crippen molar-refractivity contribution < 1.29 is 18.9 Å². The Morgan fingerprint density at radius 2 is 1.41 bits per heavy atom. The zero-order valence-corrected chi connectivity index (χ0v) is 38.7. The van der Waals surface area contributed by atoms with E-state index in [4.69, 9.17) is 0 Å². The Morgan fingerprint density at radius 3 is 2.00 bits per heavy atom. The summed E-state index contributed by atoms with van der Waals surface area (Å²) in [6, 6.07) is 17.5. The molecule has 5 aliphatic carbocycles. The quantitative estimate of drug-likeness (QED) is 0.223. The van der Waals surface area contributed by atoms with E-state index in [1.807, 2.05) is 37.3 Å². The third-order valence-electron chi connectivity index (χ3n) is 16.7. The molecule has 5 fully saturated rings. The smallest absolute Gasteiger partial charge is 0.335 e. The fraction of sp³-hybridized carbons (Fsp3) is 0.556. The third kappa shape index (κ3) is 8.83. The maximum absolute atomic E-state index is 14.6. The lowest BCUT2D eigenvalue weighted by Crippen LogP contribution is -2.68. The van der Waals surface area contributed by atoms with Crippen LogP contribution in [0.15, 0.2) is 73.3 Å². The molecule has 2 aromatic carbocycles. The fourth-order valence-electron chi connectivity index (χ4n) is 14.1. The maximum atomic E-state index is 14.6. The predicted molar refractivity (Wildman–Crippen MR) is 255 cm³/mol. The summed E-state index contributed by atoms with van der Waals surface area (Å²) in [7, 11) is -0.794. The van der Waals surface area contributed by atoms with Crippen LogP contribution in [0.1, 0.15) is 133 Å². The summed E-state index contributed by atoms with van der Waals surface area (Å²) < 4.78 is 12.3. The number of fused-ring (bicyclic) bond motifs is 7. The first-order valence-corrected chi connectivity index (χ1v) is 23.7. The van der Waals surface area contributed by atoms with Crippen LogP contribution in [0.2, 0.25) is 0 Å². The topological polar surface area (TPSA) is 86.7 Å². The van der Waals surface area contributed by atoms with E-state index in [1.54, 1.807) is 18.2 Å². The zero-order chi connectivity index (χ0) is 45.4. The van der Waals surface area contributed by atoms with E-state index in [0.717, 1.165) is 30.4 Å². The summed E-state index contributed by atoms with van der Waals surface area (Å²) in [5.41, 5.74) is 4.45. The standard InChI is InChI=1S/C45H60N2O4S.C3H6.3C2H2/c1-41(2)33(30-13-15-32(16-14-30)40(49)50)19-22-42(3)36(41)20-23-44(5)37(42)18-17-34-35-12-9-21-45(35,25-24-43(34,44)4)46-39(48)38(31-10-7-6-8-11-31)47-26-28-52(51)29-27-47;1-3-2;3*1-2/h6-8,10-11,13-16,19,34-38H,9,12,17-18,20-29H2,1-5H3,(H,46,48)(H,49,50);3H,1H2,2H3;3*1-2H/t34-,35?,36?,37?,38?,42+,43-,44-,45+;;;;/m1..../s1. The fourth-order valence-corrected chi connectivity index (χ4v) is 15.1. The molecule has 0 radical (unpaired) electrons. The van der Waals surface area contributed by atoms with Gasteiger partial charge >= 0.3 is 5.97 Å². The average molecular weight is 845 g/mol. The number of benzene rings is 2. The second-order valence-corrected chi connectivity index (χ2v) is 21.0. The molecule has 0 bridgehead atoms. The summed E-state index contributed by atoms with van der Waals surface area (Å²) >= 11 is 0. The molecule has 8 rings (SSSR count). The Hall–Kier alpha value is -4.35. The van der Waals surface area contributed by atoms with Crippen molar-refractivity contribution in [3.05, 3.63) is 90.0 Å². The largest absolute Gasteiger partial charge is 0.478 e. The molecule has 4 unspecified atom stereocenters. The Balaban J connectivity index is 0.000000850. The van der Waals surface area contributed by atoms with Gasteiger partial charge in [-0.1, -0.05) is 95.7 Å². The zero-order valence-electron chi connectivity index (χ0n) is 37.8. The van der Waals surface area contributed by atoms with Crippen LogP contribution in [-0.2, 0) is 15.6 Å². The van der Waals surface area contributed by atoms with Crippen LogP contribution in [0.4, 0.5) is 0 Å². The molecule has 7 heteroatoms. The van der Waals surface area contributed by atoms with Gasteiger partial charge in [-0.3, -0.25) is 13.9 Å². The van der Waals surface area contributed by atoms with Crippen molar-refractivity contribution in [1.82, 2.24) is 10.2 Å². The second kappa shape index (κ2) is 20.2. The van der Waals surface area contributed by atoms with Gasteiger partial charge in [-0.2, -0.15) is 0 Å². The van der Waals surface area contributed by atoms with Gasteiger partial charge in [0.15, 0.2) is 0 Å². The number of aromatic carboxylic acids is 1. The minimum Gasteiger partial charge on any atom is -0.478 e. The molecule has 1 saturated heterocycles. The van der Waals surface area contributed by atoms with Gasteiger partial charge in [0.2, 0.25) is 5.91 Å². The van der Waals surface area contributed by atoms with Crippen molar-refractivity contribution in [3.8, 4) is 38.5 Å². The van der Waals surface area contributed by atoms with Gasteiger partial charge in [0, 0.05) is 40.9 Å². The van der Waals surface area contributed by atoms with Crippen molar-refractivity contribution in [2.45, 2.75) is 117 Å². The van der Waals surface area contributed by atoms with E-state index in [0.29, 0.717) is 53.8 Å². The molecule has 9 atom stereocenters. The lowest BCUT2D eigenvalue weighted by Gasteiger charge is -2.72. The first-order chi connectivity index (χ1) is 29.1. The number of hydrogen-bond acceptors (Lipinski definition) is 4. The predicted octanol–water partition coefficient (Wildman–Crippen LogP) is 10.8. The third-order valence-corrected chi connectivity index (χ3v) is 18.0. The van der Waals surface area contributed by atoms with Gasteiger partial charge in [0.25, 0.3) is 0 Å². The van der Waals surface area contributed by atoms with E-state index >= 15 is 0 Å². The van der Waals surface area contributed by atoms with Crippen LogP contribution < -0.4 is 5.32 Å². The Kier molecular flexibility index (Phi) is 16.3. The van der Waals surface area contributed by atoms with Crippen LogP contribution in [0, 0.1) is 83.9 Å². The van der Waals surface area contributed by atoms with Gasteiger partial charge in [0.1, 0.15) is 6.04 Å². The molecule has 2 N–H and O–H groups in total. The summed E-state index contributed by atoms with van der Waals surface area (Å²) in [5.74, 6) is 2.86. The summed E-state index contributed by atoms with van der Waals surface area (Å²) in [4.78, 5) is 28.5. The number of terminal acetylenes is 3. The highest BCUT2D eigenvalue weighted by Crippen LogP contribution is 2.76. The van der Waals surface area contributed by atoms with Crippen LogP contribution in [0.3, 0.4) is 0 Å². The highest BCUT2D eigenvalue weighted by molar-refractivity contribution is 7.85. The molecule has 4 saturated carbocycles. The SMILES string of the molecule is C#C.C#C.C#C.C=CC.CC1(C)C(c2ccc(C(=O)O)cc2)=CC[C@@]2(C)C1CC[C@]1(C)C2CC[C@@H]2C3CCC[C@]3(NC(=O)C(c3ccccc3)N3CCS(=O)CC3)CC[C@]21C. The van der Waals surface area contributed by atoms with E-state index < -0.39 is 16.8 Å². The Labute approximate surface area is 371 Å². The molecule has 2 aromatic rings. The molecule has 0 aromatic heterocycles. The number of carbonyl (C=O) groups excluding carboxylic acids is 1. The number of allylic oxidation sites excluding steroid dienone is 3. The molecule has 6 aliphatic rings. The monoisotopic (exact) mass is 845 g/mol. The van der Waals surface area contributed by atoms with Crippen LogP contribution in [-0.4, -0.2) is 56.2 Å².